The van der Waals surface area contributed by atoms with E-state index in [1.54, 1.807) is 11.0 Å². The molecule has 3 aromatic rings. The monoisotopic (exact) mass is 340 g/mol. The second kappa shape index (κ2) is 7.67. The maximum Gasteiger partial charge on any atom is 0.254 e. The minimum atomic E-state index is -0.0587. The van der Waals surface area contributed by atoms with E-state index < -0.39 is 0 Å². The first-order valence-corrected chi connectivity index (χ1v) is 8.50. The molecule has 0 heterocycles. The van der Waals surface area contributed by atoms with Crippen molar-refractivity contribution in [1.29, 1.82) is 5.26 Å². The van der Waals surface area contributed by atoms with Gasteiger partial charge in [-0.3, -0.25) is 4.79 Å². The Bertz CT molecular complexity index is 985. The molecular weight excluding hydrogens is 320 g/mol. The Balaban J connectivity index is 1.96. The van der Waals surface area contributed by atoms with Crippen LogP contribution >= 0.6 is 0 Å². The van der Waals surface area contributed by atoms with E-state index in [0.717, 1.165) is 22.3 Å². The van der Waals surface area contributed by atoms with E-state index in [0.29, 0.717) is 17.7 Å². The summed E-state index contributed by atoms with van der Waals surface area (Å²) in [5, 5.41) is 9.40. The molecule has 0 aromatic heterocycles. The molecule has 0 radical (unpaired) electrons. The molecule has 0 atom stereocenters. The van der Waals surface area contributed by atoms with Crippen LogP contribution in [-0.4, -0.2) is 17.9 Å². The first kappa shape index (κ1) is 17.4. The van der Waals surface area contributed by atoms with Gasteiger partial charge in [-0.15, -0.1) is 0 Å². The van der Waals surface area contributed by atoms with Gasteiger partial charge in [0.1, 0.15) is 0 Å². The molecule has 0 saturated heterocycles. The Morgan fingerprint density at radius 3 is 2.27 bits per heavy atom. The average molecular weight is 340 g/mol. The number of nitriles is 1. The van der Waals surface area contributed by atoms with Gasteiger partial charge >= 0.3 is 0 Å². The maximum absolute atomic E-state index is 13.1. The fourth-order valence-corrected chi connectivity index (χ4v) is 3.04. The van der Waals surface area contributed by atoms with Crippen LogP contribution in [0.15, 0.2) is 72.8 Å². The molecule has 0 N–H and O–H groups in total. The van der Waals surface area contributed by atoms with Crippen LogP contribution in [0.4, 0.5) is 0 Å². The Morgan fingerprint density at radius 1 is 0.923 bits per heavy atom. The van der Waals surface area contributed by atoms with E-state index in [1.165, 1.54) is 0 Å². The fourth-order valence-electron chi connectivity index (χ4n) is 3.04. The van der Waals surface area contributed by atoms with Gasteiger partial charge in [-0.25, -0.2) is 0 Å². The Labute approximate surface area is 154 Å². The lowest BCUT2D eigenvalue weighted by molar-refractivity contribution is 0.0785. The number of carbonyl (C=O) groups excluding carboxylic acids is 1. The van der Waals surface area contributed by atoms with Gasteiger partial charge in [0.15, 0.2) is 0 Å². The number of hydrogen-bond acceptors (Lipinski definition) is 2. The van der Waals surface area contributed by atoms with Crippen LogP contribution in [0.5, 0.6) is 0 Å². The van der Waals surface area contributed by atoms with Crippen molar-refractivity contribution < 1.29 is 4.79 Å². The Morgan fingerprint density at radius 2 is 1.54 bits per heavy atom. The highest BCUT2D eigenvalue weighted by Gasteiger charge is 2.18. The van der Waals surface area contributed by atoms with Crippen LogP contribution < -0.4 is 0 Å². The first-order chi connectivity index (χ1) is 12.6. The summed E-state index contributed by atoms with van der Waals surface area (Å²) in [6.45, 7) is 2.59. The topological polar surface area (TPSA) is 44.1 Å². The van der Waals surface area contributed by atoms with Gasteiger partial charge in [-0.05, 0) is 35.7 Å². The highest BCUT2D eigenvalue weighted by Crippen LogP contribution is 2.28. The molecule has 0 unspecified atom stereocenters. The van der Waals surface area contributed by atoms with Crippen molar-refractivity contribution in [3.05, 3.63) is 95.1 Å². The number of carbonyl (C=O) groups is 1. The van der Waals surface area contributed by atoms with Gasteiger partial charge < -0.3 is 4.90 Å². The number of aryl methyl sites for hydroxylation is 1. The lowest BCUT2D eigenvalue weighted by Gasteiger charge is -2.20. The minimum Gasteiger partial charge on any atom is -0.337 e. The Hall–Kier alpha value is -3.38. The third-order valence-corrected chi connectivity index (χ3v) is 4.51. The molecular formula is C23H20N2O. The maximum atomic E-state index is 13.1. The molecule has 0 aliphatic heterocycles. The zero-order valence-corrected chi connectivity index (χ0v) is 14.9. The van der Waals surface area contributed by atoms with Crippen LogP contribution in [0.25, 0.3) is 11.1 Å². The summed E-state index contributed by atoms with van der Waals surface area (Å²) in [4.78, 5) is 14.8. The van der Waals surface area contributed by atoms with E-state index >= 15 is 0 Å². The number of hydrogen-bond donors (Lipinski definition) is 0. The third kappa shape index (κ3) is 3.50. The van der Waals surface area contributed by atoms with Crippen molar-refractivity contribution >= 4 is 5.91 Å². The highest BCUT2D eigenvalue weighted by molar-refractivity contribution is 6.01. The molecule has 128 valence electrons. The van der Waals surface area contributed by atoms with Crippen molar-refractivity contribution in [3.63, 3.8) is 0 Å². The van der Waals surface area contributed by atoms with Crippen molar-refractivity contribution in [3.8, 4) is 17.2 Å². The summed E-state index contributed by atoms with van der Waals surface area (Å²) < 4.78 is 0. The molecule has 26 heavy (non-hydrogen) atoms. The summed E-state index contributed by atoms with van der Waals surface area (Å²) >= 11 is 0. The van der Waals surface area contributed by atoms with Gasteiger partial charge in [-0.1, -0.05) is 60.7 Å². The predicted molar refractivity (Wildman–Crippen MR) is 104 cm³/mol. The summed E-state index contributed by atoms with van der Waals surface area (Å²) in [5.74, 6) is -0.0587. The van der Waals surface area contributed by atoms with Gasteiger partial charge in [0, 0.05) is 24.7 Å². The largest absolute Gasteiger partial charge is 0.337 e. The van der Waals surface area contributed by atoms with Crippen LogP contribution in [-0.2, 0) is 6.54 Å². The number of amides is 1. The summed E-state index contributed by atoms with van der Waals surface area (Å²) in [6, 6.07) is 25.1. The first-order valence-electron chi connectivity index (χ1n) is 8.50. The SMILES string of the molecule is Cc1ccccc1CN(C)C(=O)c1ccccc1-c1ccccc1C#N. The molecule has 0 fully saturated rings. The quantitative estimate of drug-likeness (QED) is 0.684. The minimum absolute atomic E-state index is 0.0587. The molecule has 0 aliphatic rings. The second-order valence-electron chi connectivity index (χ2n) is 6.29. The van der Waals surface area contributed by atoms with Crippen molar-refractivity contribution in [1.82, 2.24) is 4.90 Å². The van der Waals surface area contributed by atoms with E-state index in [-0.39, 0.29) is 5.91 Å². The molecule has 3 aromatic carbocycles. The van der Waals surface area contributed by atoms with Crippen molar-refractivity contribution in [2.45, 2.75) is 13.5 Å². The van der Waals surface area contributed by atoms with Crippen LogP contribution in [0, 0.1) is 18.3 Å². The van der Waals surface area contributed by atoms with Crippen molar-refractivity contribution in [2.24, 2.45) is 0 Å². The highest BCUT2D eigenvalue weighted by atomic mass is 16.2. The van der Waals surface area contributed by atoms with Gasteiger partial charge in [0.25, 0.3) is 5.91 Å². The number of rotatable bonds is 4. The van der Waals surface area contributed by atoms with Crippen LogP contribution in [0.2, 0.25) is 0 Å². The molecule has 3 nitrogen and oxygen atoms in total. The summed E-state index contributed by atoms with van der Waals surface area (Å²) in [5.41, 5.74) is 5.02. The molecule has 3 rings (SSSR count). The fraction of sp³-hybridized carbons (Fsp3) is 0.130. The number of nitrogens with zero attached hydrogens (tertiary/aromatic N) is 2. The summed E-state index contributed by atoms with van der Waals surface area (Å²) in [7, 11) is 1.81. The van der Waals surface area contributed by atoms with E-state index in [4.69, 9.17) is 0 Å². The average Bonchev–Trinajstić information content (AvgIpc) is 2.69. The summed E-state index contributed by atoms with van der Waals surface area (Å²) in [6.07, 6.45) is 0. The Kier molecular flexibility index (Phi) is 5.15. The normalized spacial score (nSPS) is 10.2. The number of benzene rings is 3. The second-order valence-corrected chi connectivity index (χ2v) is 6.29. The van der Waals surface area contributed by atoms with E-state index in [1.807, 2.05) is 80.7 Å². The molecule has 3 heteroatoms. The molecule has 0 saturated carbocycles. The zero-order valence-electron chi connectivity index (χ0n) is 14.9. The van der Waals surface area contributed by atoms with E-state index in [2.05, 4.69) is 6.07 Å². The lowest BCUT2D eigenvalue weighted by Crippen LogP contribution is -2.27. The zero-order chi connectivity index (χ0) is 18.5. The molecule has 0 aliphatic carbocycles. The van der Waals surface area contributed by atoms with Crippen LogP contribution in [0.3, 0.4) is 0 Å². The van der Waals surface area contributed by atoms with Crippen LogP contribution in [0.1, 0.15) is 27.0 Å². The predicted octanol–water partition coefficient (Wildman–Crippen LogP) is 4.81. The molecule has 0 bridgehead atoms. The molecule has 1 amide bonds. The van der Waals surface area contributed by atoms with E-state index in [9.17, 15) is 10.1 Å². The van der Waals surface area contributed by atoms with Gasteiger partial charge in [0.05, 0.1) is 11.6 Å². The van der Waals surface area contributed by atoms with Crippen molar-refractivity contribution in [2.75, 3.05) is 7.05 Å². The third-order valence-electron chi connectivity index (χ3n) is 4.51. The standard InChI is InChI=1S/C23H20N2O/c1-17-9-3-4-11-19(17)16-25(2)23(26)22-14-8-7-13-21(22)20-12-6-5-10-18(20)15-24/h3-14H,16H2,1-2H3. The smallest absolute Gasteiger partial charge is 0.254 e. The van der Waals surface area contributed by atoms with Gasteiger partial charge in [-0.2, -0.15) is 5.26 Å². The van der Waals surface area contributed by atoms with Gasteiger partial charge in [0.2, 0.25) is 0 Å². The molecule has 0 spiro atoms. The lowest BCUT2D eigenvalue weighted by atomic mass is 9.95.